The van der Waals surface area contributed by atoms with Crippen LogP contribution in [-0.4, -0.2) is 16.2 Å². The minimum absolute atomic E-state index is 0.0923. The Morgan fingerprint density at radius 2 is 2.04 bits per heavy atom. The van der Waals surface area contributed by atoms with Crippen molar-refractivity contribution in [1.29, 1.82) is 5.41 Å². The van der Waals surface area contributed by atoms with Gasteiger partial charge in [0.05, 0.1) is 10.6 Å². The lowest BCUT2D eigenvalue weighted by Gasteiger charge is -2.14. The molecule has 3 rings (SSSR count). The lowest BCUT2D eigenvalue weighted by atomic mass is 10.1. The molecule has 1 aliphatic heterocycles. The van der Waals surface area contributed by atoms with Crippen LogP contribution >= 0.6 is 27.7 Å². The van der Waals surface area contributed by atoms with Gasteiger partial charge in [-0.25, -0.2) is 0 Å². The van der Waals surface area contributed by atoms with Gasteiger partial charge in [0.1, 0.15) is 5.75 Å². The highest BCUT2D eigenvalue weighted by Gasteiger charge is 2.33. The van der Waals surface area contributed by atoms with Gasteiger partial charge in [-0.2, -0.15) is 0 Å². The number of nitrogens with one attached hydrogen (secondary N) is 1. The number of thioether (sulfide) groups is 1. The molecule has 1 saturated heterocycles. The number of amides is 1. The molecule has 2 aromatic carbocycles. The molecular formula is C17H13BrN2O2S. The number of carbonyl (C=O) groups is 1. The van der Waals surface area contributed by atoms with Gasteiger partial charge in [0.25, 0.3) is 5.91 Å². The van der Waals surface area contributed by atoms with E-state index in [0.29, 0.717) is 16.2 Å². The molecule has 1 amide bonds. The third-order valence-corrected chi connectivity index (χ3v) is 4.74. The summed E-state index contributed by atoms with van der Waals surface area (Å²) in [7, 11) is 0. The molecule has 0 atom stereocenters. The molecule has 1 fully saturated rings. The van der Waals surface area contributed by atoms with Crippen LogP contribution in [-0.2, 0) is 4.79 Å². The molecule has 6 heteroatoms. The monoisotopic (exact) mass is 388 g/mol. The van der Waals surface area contributed by atoms with Crippen LogP contribution in [0.4, 0.5) is 5.69 Å². The number of halogens is 1. The number of aryl methyl sites for hydroxylation is 1. The lowest BCUT2D eigenvalue weighted by Crippen LogP contribution is -2.28. The summed E-state index contributed by atoms with van der Waals surface area (Å²) in [4.78, 5) is 14.4. The molecule has 116 valence electrons. The fraction of sp³-hybridized carbons (Fsp3) is 0.0588. The lowest BCUT2D eigenvalue weighted by molar-refractivity contribution is -0.113. The van der Waals surface area contributed by atoms with Gasteiger partial charge in [-0.1, -0.05) is 28.1 Å². The fourth-order valence-corrected chi connectivity index (χ4v) is 3.50. The highest BCUT2D eigenvalue weighted by atomic mass is 79.9. The first-order valence-corrected chi connectivity index (χ1v) is 8.44. The number of aromatic hydroxyl groups is 1. The zero-order chi connectivity index (χ0) is 16.6. The van der Waals surface area contributed by atoms with Gasteiger partial charge in [-0.15, -0.1) is 0 Å². The number of hydrogen-bond acceptors (Lipinski definition) is 4. The van der Waals surface area contributed by atoms with Crippen molar-refractivity contribution in [3.8, 4) is 5.75 Å². The van der Waals surface area contributed by atoms with E-state index in [-0.39, 0.29) is 16.8 Å². The Balaban J connectivity index is 1.98. The maximum absolute atomic E-state index is 12.6. The summed E-state index contributed by atoms with van der Waals surface area (Å²) in [5, 5.41) is 18.2. The Labute approximate surface area is 146 Å². The number of nitrogens with zero attached hydrogens (tertiary/aromatic N) is 1. The van der Waals surface area contributed by atoms with Crippen molar-refractivity contribution in [1.82, 2.24) is 0 Å². The summed E-state index contributed by atoms with van der Waals surface area (Å²) in [6, 6.07) is 12.5. The van der Waals surface area contributed by atoms with Crippen LogP contribution in [0.25, 0.3) is 6.08 Å². The molecule has 2 aromatic rings. The number of benzene rings is 2. The smallest absolute Gasteiger partial charge is 0.271 e. The third kappa shape index (κ3) is 3.18. The van der Waals surface area contributed by atoms with Crippen molar-refractivity contribution < 1.29 is 9.90 Å². The quantitative estimate of drug-likeness (QED) is 0.743. The summed E-state index contributed by atoms with van der Waals surface area (Å²) >= 11 is 4.43. The van der Waals surface area contributed by atoms with Gasteiger partial charge in [0, 0.05) is 10.0 Å². The molecule has 2 N–H and O–H groups in total. The standard InChI is InChI=1S/C17H13BrN2O2S/c1-10-3-2-4-13(7-10)20-16(22)15(23-17(20)19)9-11-8-12(18)5-6-14(11)21/h2-9,19,21H,1H3/b15-9-,19-17?. The van der Waals surface area contributed by atoms with E-state index in [9.17, 15) is 9.90 Å². The molecule has 0 radical (unpaired) electrons. The maximum Gasteiger partial charge on any atom is 0.271 e. The number of carbonyl (C=O) groups excluding carboxylic acids is 1. The zero-order valence-corrected chi connectivity index (χ0v) is 14.6. The first-order chi connectivity index (χ1) is 11.0. The van der Waals surface area contributed by atoms with Crippen LogP contribution in [0.2, 0.25) is 0 Å². The SMILES string of the molecule is Cc1cccc(N2C(=N)S/C(=C\c3cc(Br)ccc3O)C2=O)c1. The summed E-state index contributed by atoms with van der Waals surface area (Å²) in [6.07, 6.45) is 1.61. The summed E-state index contributed by atoms with van der Waals surface area (Å²) in [6.45, 7) is 1.94. The Morgan fingerprint density at radius 1 is 1.26 bits per heavy atom. The Bertz CT molecular complexity index is 848. The van der Waals surface area contributed by atoms with Gasteiger partial charge in [-0.3, -0.25) is 15.1 Å². The average Bonchev–Trinajstić information content (AvgIpc) is 2.77. The average molecular weight is 389 g/mol. The van der Waals surface area contributed by atoms with Crippen LogP contribution in [0.15, 0.2) is 51.8 Å². The summed E-state index contributed by atoms with van der Waals surface area (Å²) in [5.41, 5.74) is 2.23. The summed E-state index contributed by atoms with van der Waals surface area (Å²) in [5.74, 6) is -0.167. The fourth-order valence-electron chi connectivity index (χ4n) is 2.27. The van der Waals surface area contributed by atoms with Crippen molar-refractivity contribution in [2.45, 2.75) is 6.92 Å². The second-order valence-corrected chi connectivity index (χ2v) is 7.04. The predicted molar refractivity (Wildman–Crippen MR) is 97.8 cm³/mol. The van der Waals surface area contributed by atoms with Crippen molar-refractivity contribution in [3.05, 3.63) is 63.0 Å². The van der Waals surface area contributed by atoms with Crippen LogP contribution in [0, 0.1) is 12.3 Å². The molecule has 0 aromatic heterocycles. The van der Waals surface area contributed by atoms with Crippen LogP contribution in [0.1, 0.15) is 11.1 Å². The first kappa shape index (κ1) is 15.8. The number of phenols is 1. The Morgan fingerprint density at radius 3 is 2.78 bits per heavy atom. The van der Waals surface area contributed by atoms with Crippen molar-refractivity contribution in [2.24, 2.45) is 0 Å². The molecule has 1 aliphatic rings. The van der Waals surface area contributed by atoms with Gasteiger partial charge in [0.15, 0.2) is 5.17 Å². The normalized spacial score (nSPS) is 16.4. The minimum Gasteiger partial charge on any atom is -0.507 e. The Hall–Kier alpha value is -2.05. The van der Waals surface area contributed by atoms with Crippen LogP contribution < -0.4 is 4.90 Å². The van der Waals surface area contributed by atoms with Crippen molar-refractivity contribution >= 4 is 50.5 Å². The largest absolute Gasteiger partial charge is 0.507 e. The summed E-state index contributed by atoms with van der Waals surface area (Å²) < 4.78 is 0.809. The second kappa shape index (κ2) is 6.22. The molecular weight excluding hydrogens is 376 g/mol. The molecule has 0 bridgehead atoms. The number of anilines is 1. The van der Waals surface area contributed by atoms with E-state index >= 15 is 0 Å². The predicted octanol–water partition coefficient (Wildman–Crippen LogP) is 4.52. The van der Waals surface area contributed by atoms with E-state index in [1.165, 1.54) is 4.90 Å². The van der Waals surface area contributed by atoms with E-state index in [4.69, 9.17) is 5.41 Å². The highest BCUT2D eigenvalue weighted by molar-refractivity contribution is 9.10. The van der Waals surface area contributed by atoms with E-state index in [0.717, 1.165) is 21.8 Å². The topological polar surface area (TPSA) is 64.4 Å². The number of phenolic OH excluding ortho intramolecular Hbond substituents is 1. The van der Waals surface area contributed by atoms with E-state index in [1.807, 2.05) is 25.1 Å². The molecule has 23 heavy (non-hydrogen) atoms. The van der Waals surface area contributed by atoms with Crippen LogP contribution in [0.5, 0.6) is 5.75 Å². The van der Waals surface area contributed by atoms with Crippen LogP contribution in [0.3, 0.4) is 0 Å². The van der Waals surface area contributed by atoms with E-state index < -0.39 is 0 Å². The molecule has 4 nitrogen and oxygen atoms in total. The van der Waals surface area contributed by atoms with E-state index in [1.54, 1.807) is 30.3 Å². The van der Waals surface area contributed by atoms with Gasteiger partial charge < -0.3 is 5.11 Å². The molecule has 0 saturated carbocycles. The van der Waals surface area contributed by atoms with Gasteiger partial charge >= 0.3 is 0 Å². The van der Waals surface area contributed by atoms with E-state index in [2.05, 4.69) is 15.9 Å². The minimum atomic E-state index is -0.259. The van der Waals surface area contributed by atoms with Gasteiger partial charge in [-0.05, 0) is 60.7 Å². The van der Waals surface area contributed by atoms with Crippen molar-refractivity contribution in [2.75, 3.05) is 4.90 Å². The molecule has 0 aliphatic carbocycles. The number of hydrogen-bond donors (Lipinski definition) is 2. The number of amidine groups is 1. The zero-order valence-electron chi connectivity index (χ0n) is 12.2. The molecule has 0 spiro atoms. The highest BCUT2D eigenvalue weighted by Crippen LogP contribution is 2.36. The van der Waals surface area contributed by atoms with Gasteiger partial charge in [0.2, 0.25) is 0 Å². The first-order valence-electron chi connectivity index (χ1n) is 6.83. The second-order valence-electron chi connectivity index (χ2n) is 5.10. The molecule has 1 heterocycles. The maximum atomic E-state index is 12.6. The number of rotatable bonds is 2. The third-order valence-electron chi connectivity index (χ3n) is 3.36. The molecule has 0 unspecified atom stereocenters. The van der Waals surface area contributed by atoms with Crippen molar-refractivity contribution in [3.63, 3.8) is 0 Å². The Kier molecular flexibility index (Phi) is 4.28.